The molecule has 29 heavy (non-hydrogen) atoms. The molecule has 1 heterocycles. The zero-order valence-corrected chi connectivity index (χ0v) is 17.3. The van der Waals surface area contributed by atoms with Crippen LogP contribution in [-0.2, 0) is 17.8 Å². The number of methoxy groups -OCH3 is 2. The van der Waals surface area contributed by atoms with Gasteiger partial charge in [-0.15, -0.1) is 0 Å². The van der Waals surface area contributed by atoms with Crippen molar-refractivity contribution in [1.29, 1.82) is 0 Å². The molecule has 1 aliphatic heterocycles. The van der Waals surface area contributed by atoms with E-state index in [1.54, 1.807) is 14.2 Å². The number of fused-ring (bicyclic) bond motifs is 1. The van der Waals surface area contributed by atoms with Crippen LogP contribution >= 0.6 is 11.6 Å². The first-order valence-corrected chi connectivity index (χ1v) is 9.79. The van der Waals surface area contributed by atoms with E-state index in [9.17, 15) is 9.18 Å². The summed E-state index contributed by atoms with van der Waals surface area (Å²) in [7, 11) is 3.28. The molecule has 0 radical (unpaired) electrons. The van der Waals surface area contributed by atoms with E-state index in [-0.39, 0.29) is 17.5 Å². The van der Waals surface area contributed by atoms with Crippen LogP contribution in [0.5, 0.6) is 11.5 Å². The fourth-order valence-corrected chi connectivity index (χ4v) is 3.53. The molecule has 3 rings (SSSR count). The van der Waals surface area contributed by atoms with Gasteiger partial charge < -0.3 is 20.1 Å². The Hall–Kier alpha value is -2.35. The molecule has 6 nitrogen and oxygen atoms in total. The first-order chi connectivity index (χ1) is 14.0. The van der Waals surface area contributed by atoms with E-state index in [0.29, 0.717) is 12.2 Å². The molecule has 1 aliphatic rings. The summed E-state index contributed by atoms with van der Waals surface area (Å²) < 4.78 is 23.9. The monoisotopic (exact) mass is 421 g/mol. The van der Waals surface area contributed by atoms with E-state index >= 15 is 0 Å². The molecule has 0 fully saturated rings. The van der Waals surface area contributed by atoms with Crippen molar-refractivity contribution in [2.75, 3.05) is 45.7 Å². The molecule has 0 atom stereocenters. The number of amides is 1. The molecule has 156 valence electrons. The van der Waals surface area contributed by atoms with Gasteiger partial charge in [0.2, 0.25) is 5.91 Å². The Balaban J connectivity index is 1.43. The van der Waals surface area contributed by atoms with Crippen LogP contribution in [0.25, 0.3) is 0 Å². The van der Waals surface area contributed by atoms with Crippen LogP contribution < -0.4 is 20.1 Å². The molecule has 1 amide bonds. The minimum Gasteiger partial charge on any atom is -0.493 e. The second kappa shape index (κ2) is 9.91. The zero-order valence-electron chi connectivity index (χ0n) is 16.6. The minimum absolute atomic E-state index is 0.0182. The highest BCUT2D eigenvalue weighted by Gasteiger charge is 2.19. The number of halogens is 2. The summed E-state index contributed by atoms with van der Waals surface area (Å²) in [6.07, 6.45) is 0.946. The van der Waals surface area contributed by atoms with Crippen LogP contribution in [0.1, 0.15) is 11.1 Å². The Morgan fingerprint density at radius 3 is 2.59 bits per heavy atom. The summed E-state index contributed by atoms with van der Waals surface area (Å²) in [5.74, 6) is 0.786. The summed E-state index contributed by atoms with van der Waals surface area (Å²) in [6.45, 7) is 3.45. The number of benzene rings is 2. The standard InChI is InChI=1S/C21H25ClFN3O3/c1-28-19-9-14-5-7-26(13-15(14)10-20(19)29-2)8-6-24-12-21(27)25-16-3-4-18(23)17(22)11-16/h3-4,9-11,24H,5-8,12-13H2,1-2H3,(H,25,27). The minimum atomic E-state index is -0.512. The van der Waals surface area contributed by atoms with Crippen molar-refractivity contribution in [3.8, 4) is 11.5 Å². The van der Waals surface area contributed by atoms with E-state index in [1.165, 1.54) is 29.3 Å². The molecule has 0 aromatic heterocycles. The molecule has 2 N–H and O–H groups in total. The lowest BCUT2D eigenvalue weighted by Crippen LogP contribution is -2.38. The number of rotatable bonds is 8. The molecule has 0 saturated heterocycles. The van der Waals surface area contributed by atoms with Crippen molar-refractivity contribution in [2.45, 2.75) is 13.0 Å². The summed E-state index contributed by atoms with van der Waals surface area (Å²) in [6, 6.07) is 8.19. The summed E-state index contributed by atoms with van der Waals surface area (Å²) in [5, 5.41) is 5.81. The van der Waals surface area contributed by atoms with Gasteiger partial charge in [0.1, 0.15) is 5.82 Å². The molecule has 8 heteroatoms. The maximum absolute atomic E-state index is 13.2. The van der Waals surface area contributed by atoms with Gasteiger partial charge >= 0.3 is 0 Å². The Kier molecular flexibility index (Phi) is 7.30. The van der Waals surface area contributed by atoms with E-state index in [2.05, 4.69) is 21.6 Å². The summed E-state index contributed by atoms with van der Waals surface area (Å²) in [5.41, 5.74) is 2.99. The Morgan fingerprint density at radius 1 is 1.17 bits per heavy atom. The van der Waals surface area contributed by atoms with Gasteiger partial charge in [0.05, 0.1) is 25.8 Å². The predicted octanol–water partition coefficient (Wildman–Crippen LogP) is 3.08. The third-order valence-electron chi connectivity index (χ3n) is 4.89. The van der Waals surface area contributed by atoms with Gasteiger partial charge in [-0.25, -0.2) is 4.39 Å². The van der Waals surface area contributed by atoms with Crippen molar-refractivity contribution >= 4 is 23.2 Å². The Bertz CT molecular complexity index is 878. The topological polar surface area (TPSA) is 62.8 Å². The van der Waals surface area contributed by atoms with Crippen LogP contribution in [0.2, 0.25) is 5.02 Å². The molecule has 0 spiro atoms. The summed E-state index contributed by atoms with van der Waals surface area (Å²) >= 11 is 5.72. The second-order valence-corrected chi connectivity index (χ2v) is 7.26. The lowest BCUT2D eigenvalue weighted by molar-refractivity contribution is -0.115. The summed E-state index contributed by atoms with van der Waals surface area (Å²) in [4.78, 5) is 14.3. The van der Waals surface area contributed by atoms with Crippen molar-refractivity contribution in [3.63, 3.8) is 0 Å². The molecule has 2 aromatic rings. The van der Waals surface area contributed by atoms with Gasteiger partial charge in [-0.3, -0.25) is 9.69 Å². The average Bonchev–Trinajstić information content (AvgIpc) is 2.72. The quantitative estimate of drug-likeness (QED) is 0.641. The fourth-order valence-electron chi connectivity index (χ4n) is 3.35. The third kappa shape index (κ3) is 5.59. The van der Waals surface area contributed by atoms with Crippen molar-refractivity contribution < 1.29 is 18.7 Å². The molecule has 0 bridgehead atoms. The maximum Gasteiger partial charge on any atom is 0.238 e. The van der Waals surface area contributed by atoms with Crippen molar-refractivity contribution in [1.82, 2.24) is 10.2 Å². The van der Waals surface area contributed by atoms with E-state index in [4.69, 9.17) is 21.1 Å². The van der Waals surface area contributed by atoms with Crippen LogP contribution in [-0.4, -0.2) is 51.2 Å². The number of carbonyl (C=O) groups is 1. The highest BCUT2D eigenvalue weighted by atomic mass is 35.5. The smallest absolute Gasteiger partial charge is 0.238 e. The lowest BCUT2D eigenvalue weighted by atomic mass is 9.99. The van der Waals surface area contributed by atoms with E-state index < -0.39 is 5.82 Å². The number of carbonyl (C=O) groups excluding carboxylic acids is 1. The van der Waals surface area contributed by atoms with E-state index in [0.717, 1.165) is 37.6 Å². The predicted molar refractivity (Wildman–Crippen MR) is 111 cm³/mol. The van der Waals surface area contributed by atoms with Gasteiger partial charge in [0.15, 0.2) is 11.5 Å². The van der Waals surface area contributed by atoms with Crippen LogP contribution in [0.4, 0.5) is 10.1 Å². The zero-order chi connectivity index (χ0) is 20.8. The van der Waals surface area contributed by atoms with Crippen LogP contribution in [0.3, 0.4) is 0 Å². The van der Waals surface area contributed by atoms with Gasteiger partial charge in [0, 0.05) is 31.9 Å². The van der Waals surface area contributed by atoms with Crippen molar-refractivity contribution in [2.24, 2.45) is 0 Å². The molecule has 0 aliphatic carbocycles. The molecule has 2 aromatic carbocycles. The molecule has 0 saturated carbocycles. The van der Waals surface area contributed by atoms with Gasteiger partial charge in [0.25, 0.3) is 0 Å². The normalized spacial score (nSPS) is 13.7. The molecular weight excluding hydrogens is 397 g/mol. The van der Waals surface area contributed by atoms with Gasteiger partial charge in [-0.05, 0) is 47.9 Å². The fraction of sp³-hybridized carbons (Fsp3) is 0.381. The highest BCUT2D eigenvalue weighted by molar-refractivity contribution is 6.31. The number of hydrogen-bond acceptors (Lipinski definition) is 5. The molecule has 0 unspecified atom stereocenters. The largest absolute Gasteiger partial charge is 0.493 e. The Labute approximate surface area is 174 Å². The third-order valence-corrected chi connectivity index (χ3v) is 5.18. The van der Waals surface area contributed by atoms with Gasteiger partial charge in [-0.2, -0.15) is 0 Å². The first kappa shape index (κ1) is 21.4. The highest BCUT2D eigenvalue weighted by Crippen LogP contribution is 2.33. The van der Waals surface area contributed by atoms with Crippen LogP contribution in [0, 0.1) is 5.82 Å². The Morgan fingerprint density at radius 2 is 1.90 bits per heavy atom. The SMILES string of the molecule is COc1cc2c(cc1OC)CN(CCNCC(=O)Nc1ccc(F)c(Cl)c1)CC2. The average molecular weight is 422 g/mol. The number of anilines is 1. The number of ether oxygens (including phenoxy) is 2. The second-order valence-electron chi connectivity index (χ2n) is 6.86. The van der Waals surface area contributed by atoms with Crippen LogP contribution in [0.15, 0.2) is 30.3 Å². The number of nitrogens with one attached hydrogen (secondary N) is 2. The van der Waals surface area contributed by atoms with E-state index in [1.807, 2.05) is 6.07 Å². The van der Waals surface area contributed by atoms with Crippen molar-refractivity contribution in [3.05, 3.63) is 52.3 Å². The maximum atomic E-state index is 13.2. The number of hydrogen-bond donors (Lipinski definition) is 2. The number of nitrogens with zero attached hydrogens (tertiary/aromatic N) is 1. The van der Waals surface area contributed by atoms with Gasteiger partial charge in [-0.1, -0.05) is 11.6 Å². The lowest BCUT2D eigenvalue weighted by Gasteiger charge is -2.29. The first-order valence-electron chi connectivity index (χ1n) is 9.42. The molecular formula is C21H25ClFN3O3.